The quantitative estimate of drug-likeness (QED) is 0.468. The molecule has 1 atom stereocenters. The smallest absolute Gasteiger partial charge is 0.191 e. The average Bonchev–Trinajstić information content (AvgIpc) is 2.89. The second-order valence-electron chi connectivity index (χ2n) is 6.74. The number of hydrogen-bond donors (Lipinski definition) is 2. The fourth-order valence-corrected chi connectivity index (χ4v) is 4.54. The first-order valence-electron chi connectivity index (χ1n) is 8.66. The van der Waals surface area contributed by atoms with Crippen LogP contribution in [0.3, 0.4) is 0 Å². The lowest BCUT2D eigenvalue weighted by molar-refractivity contribution is 0.599. The first-order valence-corrected chi connectivity index (χ1v) is 10.5. The summed E-state index contributed by atoms with van der Waals surface area (Å²) < 4.78 is 23.0. The van der Waals surface area contributed by atoms with Gasteiger partial charge in [-0.3, -0.25) is 4.99 Å². The van der Waals surface area contributed by atoms with Gasteiger partial charge in [0, 0.05) is 19.6 Å². The van der Waals surface area contributed by atoms with Crippen LogP contribution in [-0.2, 0) is 16.3 Å². The van der Waals surface area contributed by atoms with E-state index in [1.807, 2.05) is 0 Å². The van der Waals surface area contributed by atoms with E-state index in [0.29, 0.717) is 18.3 Å². The predicted octanol–water partition coefficient (Wildman–Crippen LogP) is 2.09. The van der Waals surface area contributed by atoms with Crippen LogP contribution in [0.15, 0.2) is 29.3 Å². The van der Waals surface area contributed by atoms with Crippen LogP contribution in [0.4, 0.5) is 0 Å². The number of benzene rings is 1. The van der Waals surface area contributed by atoms with Crippen molar-refractivity contribution in [3.8, 4) is 0 Å². The molecule has 134 valence electrons. The van der Waals surface area contributed by atoms with Crippen LogP contribution < -0.4 is 10.6 Å². The number of nitrogens with zero attached hydrogens (tertiary/aromatic N) is 1. The lowest BCUT2D eigenvalue weighted by Crippen LogP contribution is -2.44. The van der Waals surface area contributed by atoms with E-state index in [4.69, 9.17) is 0 Å². The molecule has 0 bridgehead atoms. The fraction of sp³-hybridized carbons (Fsp3) is 0.611. The summed E-state index contributed by atoms with van der Waals surface area (Å²) in [5, 5.41) is 6.47. The maximum atomic E-state index is 11.5. The molecule has 1 aromatic carbocycles. The average molecular weight is 352 g/mol. The van der Waals surface area contributed by atoms with Crippen LogP contribution in [0.5, 0.6) is 0 Å². The molecule has 1 aromatic rings. The van der Waals surface area contributed by atoms with Crippen molar-refractivity contribution < 1.29 is 8.42 Å². The van der Waals surface area contributed by atoms with Crippen molar-refractivity contribution >= 4 is 15.8 Å². The third-order valence-corrected chi connectivity index (χ3v) is 6.15. The van der Waals surface area contributed by atoms with E-state index >= 15 is 0 Å². The normalized spacial score (nSPS) is 20.3. The van der Waals surface area contributed by atoms with E-state index in [9.17, 15) is 8.42 Å². The van der Waals surface area contributed by atoms with Gasteiger partial charge in [-0.1, -0.05) is 38.1 Å². The summed E-state index contributed by atoms with van der Waals surface area (Å²) in [4.78, 5) is 4.17. The Balaban J connectivity index is 1.70. The molecule has 0 spiro atoms. The second-order valence-corrected chi connectivity index (χ2v) is 8.97. The van der Waals surface area contributed by atoms with E-state index < -0.39 is 9.84 Å². The molecule has 0 amide bonds. The highest BCUT2D eigenvalue weighted by molar-refractivity contribution is 7.91. The lowest BCUT2D eigenvalue weighted by Gasteiger charge is -2.16. The number of guanidine groups is 1. The summed E-state index contributed by atoms with van der Waals surface area (Å²) in [6.07, 6.45) is 2.68. The maximum Gasteiger partial charge on any atom is 0.191 e. The van der Waals surface area contributed by atoms with Gasteiger partial charge in [0.25, 0.3) is 0 Å². The number of sulfone groups is 1. The Kier molecular flexibility index (Phi) is 6.66. The monoisotopic (exact) mass is 351 g/mol. The fourth-order valence-electron chi connectivity index (χ4n) is 2.87. The van der Waals surface area contributed by atoms with Crippen molar-refractivity contribution in [1.82, 2.24) is 10.6 Å². The number of rotatable bonds is 6. The largest absolute Gasteiger partial charge is 0.356 e. The van der Waals surface area contributed by atoms with Crippen molar-refractivity contribution in [2.75, 3.05) is 25.1 Å². The number of hydrogen-bond acceptors (Lipinski definition) is 3. The molecule has 5 nitrogen and oxygen atoms in total. The maximum absolute atomic E-state index is 11.5. The minimum atomic E-state index is -2.87. The highest BCUT2D eigenvalue weighted by Gasteiger charge is 2.28. The van der Waals surface area contributed by atoms with Crippen LogP contribution in [0.1, 0.15) is 43.7 Å². The van der Waals surface area contributed by atoms with Gasteiger partial charge in [-0.25, -0.2) is 8.42 Å². The van der Waals surface area contributed by atoms with E-state index in [-0.39, 0.29) is 17.5 Å². The number of aliphatic imine (C=N–C) groups is 1. The highest BCUT2D eigenvalue weighted by Crippen LogP contribution is 2.15. The Morgan fingerprint density at radius 2 is 2.00 bits per heavy atom. The molecule has 0 saturated carbocycles. The molecule has 1 aliphatic heterocycles. The minimum absolute atomic E-state index is 0.0234. The molecule has 24 heavy (non-hydrogen) atoms. The Hall–Kier alpha value is -1.56. The molecule has 0 aliphatic carbocycles. The zero-order valence-electron chi connectivity index (χ0n) is 14.9. The molecule has 0 aromatic heterocycles. The number of aryl methyl sites for hydroxylation is 1. The van der Waals surface area contributed by atoms with E-state index in [1.54, 1.807) is 7.05 Å². The van der Waals surface area contributed by atoms with Gasteiger partial charge in [-0.05, 0) is 36.3 Å². The van der Waals surface area contributed by atoms with Gasteiger partial charge in [0.2, 0.25) is 0 Å². The molecule has 2 N–H and O–H groups in total. The van der Waals surface area contributed by atoms with Gasteiger partial charge in [0.1, 0.15) is 0 Å². The Bertz CT molecular complexity index is 651. The van der Waals surface area contributed by atoms with Gasteiger partial charge >= 0.3 is 0 Å². The van der Waals surface area contributed by atoms with Crippen molar-refractivity contribution in [2.45, 2.75) is 45.1 Å². The topological polar surface area (TPSA) is 70.6 Å². The highest BCUT2D eigenvalue weighted by atomic mass is 32.2. The third-order valence-electron chi connectivity index (χ3n) is 4.38. The molecule has 2 rings (SSSR count). The van der Waals surface area contributed by atoms with E-state index in [1.165, 1.54) is 11.1 Å². The van der Waals surface area contributed by atoms with Crippen LogP contribution in [0.2, 0.25) is 0 Å². The summed E-state index contributed by atoms with van der Waals surface area (Å²) in [7, 11) is -1.15. The molecular formula is C18H29N3O2S. The van der Waals surface area contributed by atoms with E-state index in [0.717, 1.165) is 19.4 Å². The van der Waals surface area contributed by atoms with Gasteiger partial charge < -0.3 is 10.6 Å². The summed E-state index contributed by atoms with van der Waals surface area (Å²) in [6.45, 7) is 5.21. The van der Waals surface area contributed by atoms with Crippen molar-refractivity contribution in [2.24, 2.45) is 4.99 Å². The first kappa shape index (κ1) is 18.8. The van der Waals surface area contributed by atoms with Gasteiger partial charge in [0.15, 0.2) is 15.8 Å². The molecule has 1 saturated heterocycles. The van der Waals surface area contributed by atoms with Crippen molar-refractivity contribution in [1.29, 1.82) is 0 Å². The van der Waals surface area contributed by atoms with Gasteiger partial charge in [-0.15, -0.1) is 0 Å². The predicted molar refractivity (Wildman–Crippen MR) is 100 cm³/mol. The third kappa shape index (κ3) is 5.82. The first-order chi connectivity index (χ1) is 11.4. The molecule has 1 unspecified atom stereocenters. The standard InChI is InChI=1S/C18H29N3O2S/c1-14(2)16-8-6-15(7-9-16)5-4-11-20-18(19-3)21-17-10-12-24(22,23)13-17/h6-9,14,17H,4-5,10-13H2,1-3H3,(H2,19,20,21). The molecular weight excluding hydrogens is 322 g/mol. The SMILES string of the molecule is CN=C(NCCCc1ccc(C(C)C)cc1)NC1CCS(=O)(=O)C1. The second kappa shape index (κ2) is 8.51. The van der Waals surface area contributed by atoms with Crippen LogP contribution >= 0.6 is 0 Å². The Morgan fingerprint density at radius 3 is 2.54 bits per heavy atom. The Labute approximate surface area is 145 Å². The summed E-state index contributed by atoms with van der Waals surface area (Å²) >= 11 is 0. The Morgan fingerprint density at radius 1 is 1.29 bits per heavy atom. The molecule has 0 radical (unpaired) electrons. The molecule has 1 aliphatic rings. The van der Waals surface area contributed by atoms with Crippen LogP contribution in [0.25, 0.3) is 0 Å². The van der Waals surface area contributed by atoms with Gasteiger partial charge in [0.05, 0.1) is 11.5 Å². The van der Waals surface area contributed by atoms with Gasteiger partial charge in [-0.2, -0.15) is 0 Å². The van der Waals surface area contributed by atoms with Crippen molar-refractivity contribution in [3.63, 3.8) is 0 Å². The van der Waals surface area contributed by atoms with Crippen molar-refractivity contribution in [3.05, 3.63) is 35.4 Å². The van der Waals surface area contributed by atoms with E-state index in [2.05, 4.69) is 53.7 Å². The zero-order valence-corrected chi connectivity index (χ0v) is 15.7. The summed E-state index contributed by atoms with van der Waals surface area (Å²) in [6, 6.07) is 8.78. The zero-order chi connectivity index (χ0) is 17.6. The van der Waals surface area contributed by atoms with Crippen LogP contribution in [-0.4, -0.2) is 45.5 Å². The summed E-state index contributed by atoms with van der Waals surface area (Å²) in [5.74, 6) is 1.73. The number of nitrogens with one attached hydrogen (secondary N) is 2. The molecule has 1 fully saturated rings. The summed E-state index contributed by atoms with van der Waals surface area (Å²) in [5.41, 5.74) is 2.71. The molecule has 1 heterocycles. The minimum Gasteiger partial charge on any atom is -0.356 e. The van der Waals surface area contributed by atoms with Crippen LogP contribution in [0, 0.1) is 0 Å². The molecule has 6 heteroatoms. The lowest BCUT2D eigenvalue weighted by atomic mass is 10.0.